The van der Waals surface area contributed by atoms with Crippen molar-refractivity contribution < 1.29 is 36.3 Å². The minimum atomic E-state index is -4.42. The minimum Gasteiger partial charge on any atom is -0.495 e. The number of carbonyl (C=O) groups is 1. The van der Waals surface area contributed by atoms with Crippen LogP contribution in [0.1, 0.15) is 49.9 Å². The molecule has 1 atom stereocenters. The molecule has 0 spiro atoms. The third-order valence-electron chi connectivity index (χ3n) is 8.27. The van der Waals surface area contributed by atoms with Crippen LogP contribution in [0.5, 0.6) is 5.75 Å². The van der Waals surface area contributed by atoms with Gasteiger partial charge in [-0.3, -0.25) is 9.36 Å². The van der Waals surface area contributed by atoms with Gasteiger partial charge in [0.2, 0.25) is 10.0 Å². The third kappa shape index (κ3) is 9.56. The quantitative estimate of drug-likeness (QED) is 0.0683. The van der Waals surface area contributed by atoms with Gasteiger partial charge in [-0.05, 0) is 73.4 Å². The van der Waals surface area contributed by atoms with Crippen LogP contribution >= 0.6 is 35.0 Å². The summed E-state index contributed by atoms with van der Waals surface area (Å²) in [7, 11) is 3.14. The van der Waals surface area contributed by atoms with Gasteiger partial charge >= 0.3 is 5.97 Å². The molecule has 9 nitrogen and oxygen atoms in total. The van der Waals surface area contributed by atoms with Crippen LogP contribution in [0.15, 0.2) is 70.8 Å². The summed E-state index contributed by atoms with van der Waals surface area (Å²) < 4.78 is 66.0. The summed E-state index contributed by atoms with van der Waals surface area (Å²) in [6.07, 6.45) is 2.95. The highest BCUT2D eigenvalue weighted by atomic mass is 35.5. The highest BCUT2D eigenvalue weighted by molar-refractivity contribution is 7.98. The Morgan fingerprint density at radius 2 is 1.74 bits per heavy atom. The zero-order valence-electron chi connectivity index (χ0n) is 28.6. The van der Waals surface area contributed by atoms with Crippen LogP contribution in [0.25, 0.3) is 5.69 Å². The van der Waals surface area contributed by atoms with Gasteiger partial charge < -0.3 is 14.3 Å². The van der Waals surface area contributed by atoms with Crippen LogP contribution in [0.4, 0.5) is 8.78 Å². The van der Waals surface area contributed by atoms with Crippen LogP contribution in [0.2, 0.25) is 10.0 Å². The molecule has 270 valence electrons. The van der Waals surface area contributed by atoms with E-state index in [1.165, 1.54) is 19.2 Å². The Hall–Kier alpha value is -3.20. The number of unbranched alkanes of at least 4 members (excludes halogenated alkanes) is 1. The predicted molar refractivity (Wildman–Crippen MR) is 193 cm³/mol. The Labute approximate surface area is 306 Å². The lowest BCUT2D eigenvalue weighted by atomic mass is 9.81. The van der Waals surface area contributed by atoms with Crippen LogP contribution in [-0.4, -0.2) is 74.4 Å². The first-order valence-electron chi connectivity index (χ1n) is 15.7. The average molecular weight is 771 g/mol. The lowest BCUT2D eigenvalue weighted by Crippen LogP contribution is -2.41. The summed E-state index contributed by atoms with van der Waals surface area (Å²) in [6.45, 7) is 4.77. The maximum atomic E-state index is 15.6. The molecule has 0 aliphatic carbocycles. The van der Waals surface area contributed by atoms with Crippen LogP contribution in [0.3, 0.4) is 0 Å². The summed E-state index contributed by atoms with van der Waals surface area (Å²) in [5.74, 6) is -2.16. The number of aliphatic carboxylic acids is 1. The van der Waals surface area contributed by atoms with E-state index in [4.69, 9.17) is 27.9 Å². The number of hydrogen-bond acceptors (Lipinski definition) is 6. The number of carboxylic acid groups (broad SMARTS) is 1. The van der Waals surface area contributed by atoms with Gasteiger partial charge in [0, 0.05) is 27.4 Å². The van der Waals surface area contributed by atoms with Crippen LogP contribution < -0.4 is 9.46 Å². The second-order valence-electron chi connectivity index (χ2n) is 13.4. The summed E-state index contributed by atoms with van der Waals surface area (Å²) >= 11 is 13.9. The molecule has 0 saturated carbocycles. The van der Waals surface area contributed by atoms with Gasteiger partial charge in [-0.1, -0.05) is 54.9 Å². The molecule has 0 fully saturated rings. The van der Waals surface area contributed by atoms with Gasteiger partial charge in [0.1, 0.15) is 23.4 Å². The SMILES string of the molecule is COc1cc(C(C)(C)c2cnc(SCc3c(F)cc(S(=O)(=O)NC(CCCC[N+](C)(C)C)C(=O)O)cc3Cl)n2-c2ccc(F)cc2)ccc1Cl. The molecule has 4 aromatic rings. The van der Waals surface area contributed by atoms with E-state index in [2.05, 4.69) is 9.71 Å². The van der Waals surface area contributed by atoms with E-state index in [1.54, 1.807) is 24.4 Å². The molecule has 15 heteroatoms. The third-order valence-corrected chi connectivity index (χ3v) is 11.3. The van der Waals surface area contributed by atoms with Crippen molar-refractivity contribution in [3.8, 4) is 11.4 Å². The number of ether oxygens (including phenoxy) is 1. The van der Waals surface area contributed by atoms with Gasteiger partial charge in [0.05, 0.1) is 56.6 Å². The number of halogens is 4. The molecule has 0 bridgehead atoms. The predicted octanol–water partition coefficient (Wildman–Crippen LogP) is 7.69. The summed E-state index contributed by atoms with van der Waals surface area (Å²) in [4.78, 5) is 16.0. The van der Waals surface area contributed by atoms with Crippen molar-refractivity contribution in [2.24, 2.45) is 0 Å². The van der Waals surface area contributed by atoms with Crippen LogP contribution in [0, 0.1) is 11.6 Å². The van der Waals surface area contributed by atoms with Gasteiger partial charge in [-0.25, -0.2) is 22.2 Å². The fourth-order valence-corrected chi connectivity index (χ4v) is 8.25. The molecule has 2 N–H and O–H groups in total. The molecule has 0 amide bonds. The number of aromatic nitrogens is 2. The molecule has 4 rings (SSSR count). The van der Waals surface area contributed by atoms with Crippen molar-refractivity contribution in [3.63, 3.8) is 0 Å². The Morgan fingerprint density at radius 1 is 1.06 bits per heavy atom. The zero-order valence-corrected chi connectivity index (χ0v) is 31.8. The van der Waals surface area contributed by atoms with Crippen LogP contribution in [-0.2, 0) is 26.0 Å². The normalized spacial score (nSPS) is 13.0. The fourth-order valence-electron chi connectivity index (χ4n) is 5.35. The van der Waals surface area contributed by atoms with Crippen molar-refractivity contribution in [2.45, 2.75) is 60.4 Å². The Bertz CT molecular complexity index is 1930. The van der Waals surface area contributed by atoms with E-state index in [0.717, 1.165) is 41.7 Å². The van der Waals surface area contributed by atoms with Gasteiger partial charge in [0.15, 0.2) is 5.16 Å². The average Bonchev–Trinajstić information content (AvgIpc) is 3.46. The maximum absolute atomic E-state index is 15.6. The van der Waals surface area contributed by atoms with Crippen molar-refractivity contribution >= 4 is 51.0 Å². The number of sulfonamides is 1. The molecule has 1 aromatic heterocycles. The highest BCUT2D eigenvalue weighted by Gasteiger charge is 2.31. The number of nitrogens with one attached hydrogen (secondary N) is 1. The first-order valence-corrected chi connectivity index (χ1v) is 18.9. The lowest BCUT2D eigenvalue weighted by molar-refractivity contribution is -0.870. The summed E-state index contributed by atoms with van der Waals surface area (Å²) in [5.41, 5.74) is 1.58. The standard InChI is InChI=1S/C35H40Cl2F2N4O5S2/c1-35(2,22-10-15-27(36)31(17-22)48-6)32-20-40-34(42(32)24-13-11-23(38)12-14-24)49-21-26-28(37)18-25(19-29(26)39)50(46,47)41-30(33(44)45)9-7-8-16-43(3,4)5/h10-15,17-20,30,41H,7-9,16,21H2,1-6H3/p+1. The number of hydrogen-bond donors (Lipinski definition) is 2. The van der Waals surface area contributed by atoms with Crippen molar-refractivity contribution in [3.05, 3.63) is 99.3 Å². The fraction of sp³-hybridized carbons (Fsp3) is 0.371. The molecule has 1 unspecified atom stereocenters. The number of benzene rings is 3. The number of imidazole rings is 1. The molecule has 0 radical (unpaired) electrons. The number of quaternary nitrogens is 1. The van der Waals surface area contributed by atoms with E-state index in [1.807, 2.05) is 51.7 Å². The number of rotatable bonds is 16. The number of carboxylic acids is 1. The molecular weight excluding hydrogens is 729 g/mol. The zero-order chi connectivity index (χ0) is 37.0. The van der Waals surface area contributed by atoms with E-state index < -0.39 is 44.0 Å². The summed E-state index contributed by atoms with van der Waals surface area (Å²) in [6, 6.07) is 11.9. The monoisotopic (exact) mass is 769 g/mol. The molecule has 0 aliphatic rings. The van der Waals surface area contributed by atoms with Gasteiger partial charge in [0.25, 0.3) is 0 Å². The Kier molecular flexibility index (Phi) is 12.7. The van der Waals surface area contributed by atoms with Crippen molar-refractivity contribution in [2.75, 3.05) is 34.8 Å². The lowest BCUT2D eigenvalue weighted by Gasteiger charge is -2.28. The molecule has 0 saturated heterocycles. The molecule has 0 aliphatic heterocycles. The van der Waals surface area contributed by atoms with E-state index in [9.17, 15) is 22.7 Å². The second kappa shape index (κ2) is 16.0. The van der Waals surface area contributed by atoms with E-state index in [0.29, 0.717) is 38.9 Å². The van der Waals surface area contributed by atoms with E-state index >= 15 is 4.39 Å². The van der Waals surface area contributed by atoms with Gasteiger partial charge in [-0.2, -0.15) is 4.72 Å². The first-order chi connectivity index (χ1) is 23.3. The topological polar surface area (TPSA) is 111 Å². The first kappa shape index (κ1) is 39.6. The number of methoxy groups -OCH3 is 1. The van der Waals surface area contributed by atoms with Crippen molar-refractivity contribution in [1.29, 1.82) is 0 Å². The molecular formula is C35H41Cl2F2N4O5S2+. The largest absolute Gasteiger partial charge is 0.495 e. The van der Waals surface area contributed by atoms with E-state index in [-0.39, 0.29) is 22.8 Å². The minimum absolute atomic E-state index is 0.0302. The Balaban J connectivity index is 1.61. The number of thioether (sulfide) groups is 1. The smallest absolute Gasteiger partial charge is 0.321 e. The molecule has 3 aromatic carbocycles. The second-order valence-corrected chi connectivity index (χ2v) is 16.9. The maximum Gasteiger partial charge on any atom is 0.321 e. The highest BCUT2D eigenvalue weighted by Crippen LogP contribution is 2.40. The van der Waals surface area contributed by atoms with Crippen molar-refractivity contribution in [1.82, 2.24) is 14.3 Å². The molecule has 1 heterocycles. The van der Waals surface area contributed by atoms with Gasteiger partial charge in [-0.15, -0.1) is 0 Å². The molecule has 50 heavy (non-hydrogen) atoms. The Morgan fingerprint density at radius 3 is 2.34 bits per heavy atom. The summed E-state index contributed by atoms with van der Waals surface area (Å²) in [5, 5.41) is 10.4. The number of nitrogens with zero attached hydrogens (tertiary/aromatic N) is 3.